The minimum Gasteiger partial charge on any atom is -0.504 e. The fourth-order valence-corrected chi connectivity index (χ4v) is 2.45. The van der Waals surface area contributed by atoms with Crippen molar-refractivity contribution < 1.29 is 29.5 Å². The smallest absolute Gasteiger partial charge is 0.200 e. The van der Waals surface area contributed by atoms with Crippen LogP contribution in [0.4, 0.5) is 0 Å². The molecule has 1 atom stereocenters. The van der Waals surface area contributed by atoms with E-state index in [1.54, 1.807) is 36.4 Å². The Balaban J connectivity index is 2.01. The second kappa shape index (κ2) is 9.54. The Morgan fingerprint density at radius 2 is 1.44 bits per heavy atom. The van der Waals surface area contributed by atoms with Crippen molar-refractivity contribution in [2.24, 2.45) is 0 Å². The number of rotatable bonds is 8. The number of hydrogen-bond donors (Lipinski definition) is 3. The van der Waals surface area contributed by atoms with Crippen LogP contribution in [0.5, 0.6) is 28.7 Å². The summed E-state index contributed by atoms with van der Waals surface area (Å²) in [5.41, 5.74) is 1.58. The summed E-state index contributed by atoms with van der Waals surface area (Å²) in [6.07, 6.45) is 6.77. The number of methoxy groups -OCH3 is 3. The predicted octanol–water partition coefficient (Wildman–Crippen LogP) is 3.60. The van der Waals surface area contributed by atoms with Gasteiger partial charge in [0.2, 0.25) is 5.75 Å². The number of hydrogen-bond acceptors (Lipinski definition) is 6. The van der Waals surface area contributed by atoms with Crippen LogP contribution in [0.15, 0.2) is 42.5 Å². The number of aliphatic hydroxyl groups excluding tert-OH is 1. The molecule has 0 amide bonds. The average Bonchev–Trinajstić information content (AvgIpc) is 2.68. The number of ether oxygens (including phenoxy) is 3. The van der Waals surface area contributed by atoms with Gasteiger partial charge in [-0.2, -0.15) is 0 Å². The van der Waals surface area contributed by atoms with Gasteiger partial charge in [0.25, 0.3) is 0 Å². The van der Waals surface area contributed by atoms with Gasteiger partial charge in [-0.15, -0.1) is 0 Å². The van der Waals surface area contributed by atoms with Crippen molar-refractivity contribution in [2.75, 3.05) is 21.3 Å². The van der Waals surface area contributed by atoms with Gasteiger partial charge in [0, 0.05) is 0 Å². The number of aromatic hydroxyl groups is 2. The van der Waals surface area contributed by atoms with Crippen molar-refractivity contribution in [3.05, 3.63) is 53.6 Å². The fourth-order valence-electron chi connectivity index (χ4n) is 2.45. The maximum absolute atomic E-state index is 10.1. The molecule has 0 aromatic heterocycles. The van der Waals surface area contributed by atoms with Crippen LogP contribution in [-0.2, 0) is 0 Å². The first-order chi connectivity index (χ1) is 13.0. The van der Waals surface area contributed by atoms with Crippen molar-refractivity contribution in [3.63, 3.8) is 0 Å². The molecule has 27 heavy (non-hydrogen) atoms. The van der Waals surface area contributed by atoms with Crippen molar-refractivity contribution in [1.82, 2.24) is 0 Å². The molecule has 2 rings (SSSR count). The number of phenolic OH excluding ortho intramolecular Hbond substituents is 2. The minimum absolute atomic E-state index is 0.0514. The number of aliphatic hydroxyl groups is 1. The van der Waals surface area contributed by atoms with Crippen LogP contribution in [0.1, 0.15) is 17.5 Å². The second-order valence-corrected chi connectivity index (χ2v) is 5.77. The molecule has 2 aromatic carbocycles. The molecule has 6 heteroatoms. The number of benzene rings is 2. The Hall–Kier alpha value is -3.12. The molecule has 0 saturated carbocycles. The molecule has 2 aromatic rings. The van der Waals surface area contributed by atoms with Crippen LogP contribution >= 0.6 is 0 Å². The van der Waals surface area contributed by atoms with Crippen LogP contribution in [0, 0.1) is 0 Å². The van der Waals surface area contributed by atoms with Crippen LogP contribution in [0.25, 0.3) is 12.2 Å². The molecule has 0 aliphatic heterocycles. The molecule has 0 spiro atoms. The first kappa shape index (κ1) is 20.2. The highest BCUT2D eigenvalue weighted by molar-refractivity contribution is 5.61. The summed E-state index contributed by atoms with van der Waals surface area (Å²) in [5, 5.41) is 29.6. The van der Waals surface area contributed by atoms with Crippen molar-refractivity contribution in [3.8, 4) is 28.7 Å². The van der Waals surface area contributed by atoms with Crippen molar-refractivity contribution >= 4 is 12.2 Å². The monoisotopic (exact) mass is 372 g/mol. The number of phenols is 2. The third-order valence-electron chi connectivity index (χ3n) is 3.90. The van der Waals surface area contributed by atoms with E-state index in [4.69, 9.17) is 14.2 Å². The van der Waals surface area contributed by atoms with E-state index >= 15 is 0 Å². The van der Waals surface area contributed by atoms with Gasteiger partial charge in [-0.05, 0) is 41.8 Å². The Kier molecular flexibility index (Phi) is 7.14. The van der Waals surface area contributed by atoms with E-state index in [0.29, 0.717) is 23.7 Å². The van der Waals surface area contributed by atoms with Crippen LogP contribution in [0.3, 0.4) is 0 Å². The second-order valence-electron chi connectivity index (χ2n) is 5.77. The summed E-state index contributed by atoms with van der Waals surface area (Å²) in [7, 11) is 4.42. The summed E-state index contributed by atoms with van der Waals surface area (Å²) in [5.74, 6) is 1.02. The van der Waals surface area contributed by atoms with Crippen LogP contribution in [-0.4, -0.2) is 42.8 Å². The lowest BCUT2D eigenvalue weighted by atomic mass is 10.1. The van der Waals surface area contributed by atoms with E-state index in [0.717, 1.165) is 11.1 Å². The van der Waals surface area contributed by atoms with Gasteiger partial charge in [0.1, 0.15) is 0 Å². The van der Waals surface area contributed by atoms with E-state index in [1.165, 1.54) is 27.4 Å². The summed E-state index contributed by atoms with van der Waals surface area (Å²) in [6, 6.07) is 8.31. The maximum Gasteiger partial charge on any atom is 0.200 e. The van der Waals surface area contributed by atoms with Crippen molar-refractivity contribution in [2.45, 2.75) is 12.5 Å². The first-order valence-corrected chi connectivity index (χ1v) is 8.33. The predicted molar refractivity (Wildman–Crippen MR) is 105 cm³/mol. The van der Waals surface area contributed by atoms with Gasteiger partial charge in [-0.1, -0.05) is 30.4 Å². The molecular formula is C21H24O6. The van der Waals surface area contributed by atoms with Gasteiger partial charge in [-0.3, -0.25) is 0 Å². The molecule has 1 unspecified atom stereocenters. The summed E-state index contributed by atoms with van der Waals surface area (Å²) < 4.78 is 15.3. The Bertz CT molecular complexity index is 800. The lowest BCUT2D eigenvalue weighted by molar-refractivity contribution is 0.228. The Morgan fingerprint density at radius 3 is 2.04 bits per heavy atom. The molecular weight excluding hydrogens is 348 g/mol. The normalized spacial score (nSPS) is 12.4. The lowest BCUT2D eigenvalue weighted by Crippen LogP contribution is -1.99. The van der Waals surface area contributed by atoms with E-state index in [9.17, 15) is 15.3 Å². The summed E-state index contributed by atoms with van der Waals surface area (Å²) in [6.45, 7) is 0. The lowest BCUT2D eigenvalue weighted by Gasteiger charge is -2.09. The van der Waals surface area contributed by atoms with Crippen LogP contribution in [0.2, 0.25) is 0 Å². The summed E-state index contributed by atoms with van der Waals surface area (Å²) in [4.78, 5) is 0. The molecule has 0 heterocycles. The largest absolute Gasteiger partial charge is 0.504 e. The standard InChI is InChI=1S/C21H24O6/c1-25-18-11-14(8-10-17(18)23)7-9-16(22)6-4-5-15-12-19(26-2)21(24)20(13-15)27-3/h4-5,7-13,16,22-24H,6H2,1-3H3/b5-4+,9-7+. The average molecular weight is 372 g/mol. The molecule has 6 nitrogen and oxygen atoms in total. The van der Waals surface area contributed by atoms with Gasteiger partial charge in [0.15, 0.2) is 23.0 Å². The highest BCUT2D eigenvalue weighted by Gasteiger charge is 2.09. The van der Waals surface area contributed by atoms with E-state index in [2.05, 4.69) is 0 Å². The zero-order chi connectivity index (χ0) is 19.8. The minimum atomic E-state index is -0.679. The SMILES string of the molecule is COc1cc(/C=C/C(O)C/C=C/c2cc(OC)c(O)c(OC)c2)ccc1O. The molecule has 0 radical (unpaired) electrons. The topological polar surface area (TPSA) is 88.4 Å². The Morgan fingerprint density at radius 1 is 0.852 bits per heavy atom. The Labute approximate surface area is 158 Å². The molecule has 0 aliphatic rings. The van der Waals surface area contributed by atoms with Gasteiger partial charge >= 0.3 is 0 Å². The fraction of sp³-hybridized carbons (Fsp3) is 0.238. The van der Waals surface area contributed by atoms with E-state index in [-0.39, 0.29) is 11.5 Å². The highest BCUT2D eigenvalue weighted by Crippen LogP contribution is 2.37. The third kappa shape index (κ3) is 5.43. The quantitative estimate of drug-likeness (QED) is 0.656. The highest BCUT2D eigenvalue weighted by atomic mass is 16.5. The van der Waals surface area contributed by atoms with Crippen LogP contribution < -0.4 is 14.2 Å². The molecule has 3 N–H and O–H groups in total. The summed E-state index contributed by atoms with van der Waals surface area (Å²) >= 11 is 0. The third-order valence-corrected chi connectivity index (χ3v) is 3.90. The molecule has 144 valence electrons. The molecule has 0 aliphatic carbocycles. The zero-order valence-corrected chi connectivity index (χ0v) is 15.5. The van der Waals surface area contributed by atoms with Gasteiger partial charge < -0.3 is 29.5 Å². The zero-order valence-electron chi connectivity index (χ0n) is 15.5. The van der Waals surface area contributed by atoms with Gasteiger partial charge in [-0.25, -0.2) is 0 Å². The maximum atomic E-state index is 10.1. The van der Waals surface area contributed by atoms with Crippen molar-refractivity contribution in [1.29, 1.82) is 0 Å². The molecule has 0 fully saturated rings. The van der Waals surface area contributed by atoms with E-state index < -0.39 is 6.10 Å². The van der Waals surface area contributed by atoms with E-state index in [1.807, 2.05) is 12.2 Å². The molecule has 0 bridgehead atoms. The molecule has 0 saturated heterocycles. The van der Waals surface area contributed by atoms with Gasteiger partial charge in [0.05, 0.1) is 27.4 Å². The first-order valence-electron chi connectivity index (χ1n) is 8.33.